The Morgan fingerprint density at radius 3 is 2.53 bits per heavy atom. The van der Waals surface area contributed by atoms with Crippen molar-refractivity contribution in [1.82, 2.24) is 4.98 Å². The van der Waals surface area contributed by atoms with E-state index < -0.39 is 0 Å². The molecule has 17 heavy (non-hydrogen) atoms. The molecule has 0 unspecified atom stereocenters. The number of halogens is 2. The number of terminal acetylenes is 1. The van der Waals surface area contributed by atoms with Crippen LogP contribution in [0.25, 0.3) is 0 Å². The molecule has 0 bridgehead atoms. The zero-order valence-corrected chi connectivity index (χ0v) is 10.2. The highest BCUT2D eigenvalue weighted by atomic mass is 35.5. The minimum absolute atomic E-state index is 0.435. The molecule has 1 aromatic heterocycles. The van der Waals surface area contributed by atoms with Gasteiger partial charge in [0.15, 0.2) is 0 Å². The first-order valence-corrected chi connectivity index (χ1v) is 5.50. The molecular formula is C13H7Cl2NO. The fraction of sp³-hybridized carbons (Fsp3) is 0. The second-order valence-electron chi connectivity index (χ2n) is 3.21. The second kappa shape index (κ2) is 5.09. The summed E-state index contributed by atoms with van der Waals surface area (Å²) in [7, 11) is 0. The van der Waals surface area contributed by atoms with Gasteiger partial charge in [0.2, 0.25) is 5.88 Å². The highest BCUT2D eigenvalue weighted by Crippen LogP contribution is 2.28. The molecule has 0 radical (unpaired) electrons. The predicted molar refractivity (Wildman–Crippen MR) is 68.7 cm³/mol. The Morgan fingerprint density at radius 2 is 1.94 bits per heavy atom. The maximum Gasteiger partial charge on any atom is 0.219 e. The SMILES string of the molecule is C#Cc1ccc(Oc2ccc(Cl)c(Cl)c2)nc1. The van der Waals surface area contributed by atoms with Crippen molar-refractivity contribution in [3.8, 4) is 24.0 Å². The molecule has 2 nitrogen and oxygen atoms in total. The highest BCUT2D eigenvalue weighted by Gasteiger charge is 2.02. The van der Waals surface area contributed by atoms with E-state index in [0.29, 0.717) is 27.2 Å². The van der Waals surface area contributed by atoms with Gasteiger partial charge in [-0.15, -0.1) is 6.42 Å². The van der Waals surface area contributed by atoms with Crippen molar-refractivity contribution in [2.45, 2.75) is 0 Å². The third-order valence-electron chi connectivity index (χ3n) is 2.02. The van der Waals surface area contributed by atoms with Gasteiger partial charge in [-0.05, 0) is 18.2 Å². The van der Waals surface area contributed by atoms with Crippen molar-refractivity contribution in [2.24, 2.45) is 0 Å². The Bertz CT molecular complexity index is 573. The van der Waals surface area contributed by atoms with Crippen LogP contribution in [0.2, 0.25) is 10.0 Å². The van der Waals surface area contributed by atoms with Crippen molar-refractivity contribution >= 4 is 23.2 Å². The lowest BCUT2D eigenvalue weighted by molar-refractivity contribution is 0.463. The summed E-state index contributed by atoms with van der Waals surface area (Å²) >= 11 is 11.7. The maximum absolute atomic E-state index is 5.87. The van der Waals surface area contributed by atoms with Gasteiger partial charge in [-0.1, -0.05) is 29.1 Å². The van der Waals surface area contributed by atoms with E-state index in [-0.39, 0.29) is 0 Å². The van der Waals surface area contributed by atoms with Crippen LogP contribution in [0.4, 0.5) is 0 Å². The summed E-state index contributed by atoms with van der Waals surface area (Å²) in [5.74, 6) is 3.49. The van der Waals surface area contributed by atoms with E-state index in [4.69, 9.17) is 34.4 Å². The van der Waals surface area contributed by atoms with Crippen LogP contribution in [0.15, 0.2) is 36.5 Å². The number of hydrogen-bond donors (Lipinski definition) is 0. The summed E-state index contributed by atoms with van der Waals surface area (Å²) in [5.41, 5.74) is 0.700. The molecule has 0 aliphatic heterocycles. The summed E-state index contributed by atoms with van der Waals surface area (Å²) in [6.07, 6.45) is 6.79. The topological polar surface area (TPSA) is 22.1 Å². The smallest absolute Gasteiger partial charge is 0.219 e. The average Bonchev–Trinajstić information content (AvgIpc) is 2.35. The quantitative estimate of drug-likeness (QED) is 0.760. The fourth-order valence-corrected chi connectivity index (χ4v) is 1.48. The van der Waals surface area contributed by atoms with E-state index >= 15 is 0 Å². The molecule has 0 amide bonds. The first-order chi connectivity index (χ1) is 8.19. The highest BCUT2D eigenvalue weighted by molar-refractivity contribution is 6.42. The maximum atomic E-state index is 5.87. The first-order valence-electron chi connectivity index (χ1n) is 4.74. The van der Waals surface area contributed by atoms with Gasteiger partial charge in [-0.25, -0.2) is 4.98 Å². The number of pyridine rings is 1. The lowest BCUT2D eigenvalue weighted by atomic mass is 10.3. The molecule has 2 rings (SSSR count). The van der Waals surface area contributed by atoms with Crippen LogP contribution in [-0.2, 0) is 0 Å². The minimum Gasteiger partial charge on any atom is -0.439 e. The summed E-state index contributed by atoms with van der Waals surface area (Å²) in [5, 5.41) is 0.916. The van der Waals surface area contributed by atoms with Crippen molar-refractivity contribution in [1.29, 1.82) is 0 Å². The number of nitrogens with zero attached hydrogens (tertiary/aromatic N) is 1. The second-order valence-corrected chi connectivity index (χ2v) is 4.02. The minimum atomic E-state index is 0.435. The monoisotopic (exact) mass is 263 g/mol. The van der Waals surface area contributed by atoms with Gasteiger partial charge in [-0.2, -0.15) is 0 Å². The van der Waals surface area contributed by atoms with E-state index in [1.54, 1.807) is 36.5 Å². The van der Waals surface area contributed by atoms with Gasteiger partial charge in [0.1, 0.15) is 5.75 Å². The van der Waals surface area contributed by atoms with Crippen LogP contribution in [0.5, 0.6) is 11.6 Å². The number of aromatic nitrogens is 1. The van der Waals surface area contributed by atoms with E-state index in [9.17, 15) is 0 Å². The van der Waals surface area contributed by atoms with Gasteiger partial charge in [0.05, 0.1) is 10.0 Å². The standard InChI is InChI=1S/C13H7Cl2NO/c1-2-9-3-6-13(16-8-9)17-10-4-5-11(14)12(15)7-10/h1,3-8H. The first kappa shape index (κ1) is 11.8. The van der Waals surface area contributed by atoms with E-state index in [2.05, 4.69) is 10.9 Å². The molecule has 1 heterocycles. The lowest BCUT2D eigenvalue weighted by Crippen LogP contribution is -1.88. The molecule has 0 aliphatic rings. The molecule has 4 heteroatoms. The zero-order chi connectivity index (χ0) is 12.3. The lowest BCUT2D eigenvalue weighted by Gasteiger charge is -2.05. The van der Waals surface area contributed by atoms with E-state index in [0.717, 1.165) is 0 Å². The Hall–Kier alpha value is -1.69. The third kappa shape index (κ3) is 2.91. The number of rotatable bonds is 2. The number of ether oxygens (including phenoxy) is 1. The Kier molecular flexibility index (Phi) is 3.53. The normalized spacial score (nSPS) is 9.71. The van der Waals surface area contributed by atoms with E-state index in [1.165, 1.54) is 0 Å². The average molecular weight is 264 g/mol. The summed E-state index contributed by atoms with van der Waals surface area (Å²) in [4.78, 5) is 4.06. The molecule has 2 aromatic rings. The predicted octanol–water partition coefficient (Wildman–Crippen LogP) is 4.16. The molecule has 0 fully saturated rings. The van der Waals surface area contributed by atoms with Gasteiger partial charge in [0.25, 0.3) is 0 Å². The number of hydrogen-bond acceptors (Lipinski definition) is 2. The molecule has 0 N–H and O–H groups in total. The molecule has 0 saturated heterocycles. The van der Waals surface area contributed by atoms with Gasteiger partial charge >= 0.3 is 0 Å². The van der Waals surface area contributed by atoms with Crippen LogP contribution >= 0.6 is 23.2 Å². The molecule has 84 valence electrons. The van der Waals surface area contributed by atoms with Gasteiger partial charge < -0.3 is 4.74 Å². The summed E-state index contributed by atoms with van der Waals surface area (Å²) in [6.45, 7) is 0. The molecule has 0 saturated carbocycles. The van der Waals surface area contributed by atoms with Crippen LogP contribution in [0.1, 0.15) is 5.56 Å². The third-order valence-corrected chi connectivity index (χ3v) is 2.76. The Morgan fingerprint density at radius 1 is 1.12 bits per heavy atom. The van der Waals surface area contributed by atoms with Crippen molar-refractivity contribution in [3.05, 3.63) is 52.1 Å². The van der Waals surface area contributed by atoms with Crippen LogP contribution in [0, 0.1) is 12.3 Å². The van der Waals surface area contributed by atoms with Crippen molar-refractivity contribution < 1.29 is 4.74 Å². The van der Waals surface area contributed by atoms with E-state index in [1.807, 2.05) is 0 Å². The van der Waals surface area contributed by atoms with Crippen LogP contribution in [0.3, 0.4) is 0 Å². The summed E-state index contributed by atoms with van der Waals surface area (Å²) < 4.78 is 5.49. The molecule has 0 atom stereocenters. The molecule has 0 aliphatic carbocycles. The summed E-state index contributed by atoms with van der Waals surface area (Å²) in [6, 6.07) is 8.44. The van der Waals surface area contributed by atoms with Crippen LogP contribution < -0.4 is 4.74 Å². The van der Waals surface area contributed by atoms with Crippen molar-refractivity contribution in [2.75, 3.05) is 0 Å². The molecular weight excluding hydrogens is 257 g/mol. The Labute approximate surface area is 109 Å². The Balaban J connectivity index is 2.20. The fourth-order valence-electron chi connectivity index (χ4n) is 1.19. The largest absolute Gasteiger partial charge is 0.439 e. The van der Waals surface area contributed by atoms with Gasteiger partial charge in [-0.3, -0.25) is 0 Å². The molecule has 0 spiro atoms. The zero-order valence-electron chi connectivity index (χ0n) is 8.65. The van der Waals surface area contributed by atoms with Crippen molar-refractivity contribution in [3.63, 3.8) is 0 Å². The number of benzene rings is 1. The van der Waals surface area contributed by atoms with Crippen LogP contribution in [-0.4, -0.2) is 4.98 Å². The van der Waals surface area contributed by atoms with Gasteiger partial charge in [0, 0.05) is 23.9 Å². The molecule has 1 aromatic carbocycles.